The second-order valence-corrected chi connectivity index (χ2v) is 6.61. The minimum Gasteiger partial charge on any atom is -0.508 e. The number of benzene rings is 2. The van der Waals surface area contributed by atoms with Crippen LogP contribution in [0.15, 0.2) is 58.1 Å². The molecule has 3 aromatic rings. The number of methoxy groups -OCH3 is 1. The SMILES string of the molecule is CN=C(NCCc1ccc(OC)cc1O)NCc1coc(-c2ccc(C)cc2)n1. The second kappa shape index (κ2) is 9.64. The normalized spacial score (nSPS) is 11.3. The van der Waals surface area contributed by atoms with Crippen LogP contribution < -0.4 is 15.4 Å². The fourth-order valence-corrected chi connectivity index (χ4v) is 2.81. The van der Waals surface area contributed by atoms with E-state index in [2.05, 4.69) is 20.6 Å². The van der Waals surface area contributed by atoms with Crippen LogP contribution in [0.3, 0.4) is 0 Å². The van der Waals surface area contributed by atoms with Gasteiger partial charge >= 0.3 is 0 Å². The van der Waals surface area contributed by atoms with E-state index in [1.54, 1.807) is 26.5 Å². The van der Waals surface area contributed by atoms with Crippen LogP contribution in [-0.2, 0) is 13.0 Å². The molecule has 0 aliphatic heterocycles. The minimum absolute atomic E-state index is 0.223. The zero-order chi connectivity index (χ0) is 20.6. The number of oxazole rings is 1. The summed E-state index contributed by atoms with van der Waals surface area (Å²) in [5, 5.41) is 16.5. The first-order valence-corrected chi connectivity index (χ1v) is 9.41. The van der Waals surface area contributed by atoms with Gasteiger partial charge in [0.25, 0.3) is 0 Å². The van der Waals surface area contributed by atoms with E-state index in [0.717, 1.165) is 16.8 Å². The van der Waals surface area contributed by atoms with E-state index >= 15 is 0 Å². The molecule has 7 nitrogen and oxygen atoms in total. The van der Waals surface area contributed by atoms with Gasteiger partial charge in [-0.2, -0.15) is 0 Å². The molecule has 0 radical (unpaired) electrons. The van der Waals surface area contributed by atoms with Crippen molar-refractivity contribution in [1.29, 1.82) is 0 Å². The van der Waals surface area contributed by atoms with Gasteiger partial charge < -0.3 is 24.9 Å². The van der Waals surface area contributed by atoms with Gasteiger partial charge in [-0.25, -0.2) is 4.98 Å². The summed E-state index contributed by atoms with van der Waals surface area (Å²) in [4.78, 5) is 8.73. The van der Waals surface area contributed by atoms with E-state index in [9.17, 15) is 5.11 Å². The first kappa shape index (κ1) is 20.3. The molecule has 7 heteroatoms. The molecule has 0 amide bonds. The van der Waals surface area contributed by atoms with E-state index < -0.39 is 0 Å². The number of phenolic OH excluding ortho intramolecular Hbond substituents is 1. The summed E-state index contributed by atoms with van der Waals surface area (Å²) >= 11 is 0. The number of hydrogen-bond donors (Lipinski definition) is 3. The summed E-state index contributed by atoms with van der Waals surface area (Å²) in [6.07, 6.45) is 2.29. The summed E-state index contributed by atoms with van der Waals surface area (Å²) in [5.41, 5.74) is 3.77. The smallest absolute Gasteiger partial charge is 0.226 e. The molecular formula is C22H26N4O3. The third-order valence-corrected chi connectivity index (χ3v) is 4.49. The number of hydrogen-bond acceptors (Lipinski definition) is 5. The van der Waals surface area contributed by atoms with Gasteiger partial charge in [-0.15, -0.1) is 0 Å². The van der Waals surface area contributed by atoms with Crippen LogP contribution >= 0.6 is 0 Å². The summed E-state index contributed by atoms with van der Waals surface area (Å²) in [7, 11) is 3.28. The highest BCUT2D eigenvalue weighted by molar-refractivity contribution is 5.79. The van der Waals surface area contributed by atoms with Crippen molar-refractivity contribution in [2.75, 3.05) is 20.7 Å². The number of rotatable bonds is 7. The Bertz CT molecular complexity index is 964. The molecule has 0 aliphatic carbocycles. The number of nitrogens with zero attached hydrogens (tertiary/aromatic N) is 2. The lowest BCUT2D eigenvalue weighted by Crippen LogP contribution is -2.37. The van der Waals surface area contributed by atoms with Crippen molar-refractivity contribution < 1.29 is 14.3 Å². The Kier molecular flexibility index (Phi) is 6.73. The Morgan fingerprint density at radius 3 is 2.66 bits per heavy atom. The lowest BCUT2D eigenvalue weighted by atomic mass is 10.1. The van der Waals surface area contributed by atoms with Gasteiger partial charge in [0.15, 0.2) is 5.96 Å². The van der Waals surface area contributed by atoms with Crippen molar-refractivity contribution in [2.24, 2.45) is 4.99 Å². The third kappa shape index (κ3) is 5.51. The Balaban J connectivity index is 1.49. The van der Waals surface area contributed by atoms with Gasteiger partial charge in [0, 0.05) is 25.2 Å². The van der Waals surface area contributed by atoms with E-state index in [1.165, 1.54) is 5.56 Å². The van der Waals surface area contributed by atoms with Crippen molar-refractivity contribution in [3.63, 3.8) is 0 Å². The first-order chi connectivity index (χ1) is 14.1. The molecule has 0 spiro atoms. The maximum absolute atomic E-state index is 10.0. The van der Waals surface area contributed by atoms with Crippen molar-refractivity contribution in [1.82, 2.24) is 15.6 Å². The molecule has 0 saturated carbocycles. The molecule has 152 valence electrons. The number of guanidine groups is 1. The standard InChI is InChI=1S/C22H26N4O3/c1-15-4-6-17(7-5-15)21-26-18(14-29-21)13-25-22(23-2)24-11-10-16-8-9-19(28-3)12-20(16)27/h4-9,12,14,27H,10-11,13H2,1-3H3,(H2,23,24,25). The molecule has 0 unspecified atom stereocenters. The van der Waals surface area contributed by atoms with Crippen LogP contribution in [0.2, 0.25) is 0 Å². The number of aromatic hydroxyl groups is 1. The monoisotopic (exact) mass is 394 g/mol. The molecule has 3 rings (SSSR count). The minimum atomic E-state index is 0.223. The molecule has 1 heterocycles. The molecule has 0 aliphatic rings. The quantitative estimate of drug-likeness (QED) is 0.421. The predicted molar refractivity (Wildman–Crippen MR) is 113 cm³/mol. The van der Waals surface area contributed by atoms with Crippen LogP contribution in [0.4, 0.5) is 0 Å². The summed E-state index contributed by atoms with van der Waals surface area (Å²) in [6.45, 7) is 3.15. The molecule has 0 fully saturated rings. The van der Waals surface area contributed by atoms with E-state index in [1.807, 2.05) is 43.3 Å². The Morgan fingerprint density at radius 2 is 1.97 bits per heavy atom. The second-order valence-electron chi connectivity index (χ2n) is 6.61. The molecular weight excluding hydrogens is 368 g/mol. The number of nitrogens with one attached hydrogen (secondary N) is 2. The largest absolute Gasteiger partial charge is 0.508 e. The van der Waals surface area contributed by atoms with E-state index in [0.29, 0.717) is 37.1 Å². The number of aryl methyl sites for hydroxylation is 1. The lowest BCUT2D eigenvalue weighted by Gasteiger charge is -2.11. The van der Waals surface area contributed by atoms with Crippen molar-refractivity contribution in [3.05, 3.63) is 65.5 Å². The molecule has 0 bridgehead atoms. The van der Waals surface area contributed by atoms with Gasteiger partial charge in [0.1, 0.15) is 17.8 Å². The number of aliphatic imine (C=N–C) groups is 1. The third-order valence-electron chi connectivity index (χ3n) is 4.49. The number of ether oxygens (including phenoxy) is 1. The van der Waals surface area contributed by atoms with Gasteiger partial charge in [0.2, 0.25) is 5.89 Å². The molecule has 29 heavy (non-hydrogen) atoms. The predicted octanol–water partition coefficient (Wildman–Crippen LogP) is 3.27. The summed E-state index contributed by atoms with van der Waals surface area (Å²) in [6, 6.07) is 13.3. The van der Waals surface area contributed by atoms with Crippen molar-refractivity contribution in [2.45, 2.75) is 19.9 Å². The number of aromatic nitrogens is 1. The first-order valence-electron chi connectivity index (χ1n) is 9.41. The van der Waals surface area contributed by atoms with Gasteiger partial charge in [-0.05, 0) is 37.1 Å². The lowest BCUT2D eigenvalue weighted by molar-refractivity contribution is 0.406. The highest BCUT2D eigenvalue weighted by Crippen LogP contribution is 2.23. The molecule has 2 aromatic carbocycles. The van der Waals surface area contributed by atoms with Gasteiger partial charge in [-0.1, -0.05) is 23.8 Å². The summed E-state index contributed by atoms with van der Waals surface area (Å²) < 4.78 is 10.7. The van der Waals surface area contributed by atoms with Crippen molar-refractivity contribution in [3.8, 4) is 23.0 Å². The zero-order valence-corrected chi connectivity index (χ0v) is 16.9. The maximum atomic E-state index is 10.0. The maximum Gasteiger partial charge on any atom is 0.226 e. The Hall–Kier alpha value is -3.48. The fourth-order valence-electron chi connectivity index (χ4n) is 2.81. The van der Waals surface area contributed by atoms with Crippen LogP contribution in [0.5, 0.6) is 11.5 Å². The molecule has 0 saturated heterocycles. The fraction of sp³-hybridized carbons (Fsp3) is 0.273. The average Bonchev–Trinajstić information content (AvgIpc) is 3.21. The van der Waals surface area contributed by atoms with Crippen LogP contribution in [0.1, 0.15) is 16.8 Å². The Labute approximate surface area is 170 Å². The zero-order valence-electron chi connectivity index (χ0n) is 16.9. The van der Waals surface area contributed by atoms with E-state index in [4.69, 9.17) is 9.15 Å². The van der Waals surface area contributed by atoms with E-state index in [-0.39, 0.29) is 5.75 Å². The molecule has 3 N–H and O–H groups in total. The van der Waals surface area contributed by atoms with Gasteiger partial charge in [0.05, 0.1) is 19.3 Å². The Morgan fingerprint density at radius 1 is 1.17 bits per heavy atom. The molecule has 0 atom stereocenters. The summed E-state index contributed by atoms with van der Waals surface area (Å²) in [5.74, 6) is 2.10. The van der Waals surface area contributed by atoms with Crippen LogP contribution in [0, 0.1) is 6.92 Å². The van der Waals surface area contributed by atoms with Crippen LogP contribution in [-0.4, -0.2) is 36.8 Å². The van der Waals surface area contributed by atoms with Gasteiger partial charge in [-0.3, -0.25) is 4.99 Å². The van der Waals surface area contributed by atoms with Crippen molar-refractivity contribution >= 4 is 5.96 Å². The topological polar surface area (TPSA) is 91.9 Å². The highest BCUT2D eigenvalue weighted by atomic mass is 16.5. The number of phenols is 1. The van der Waals surface area contributed by atoms with Crippen LogP contribution in [0.25, 0.3) is 11.5 Å². The molecule has 1 aromatic heterocycles. The highest BCUT2D eigenvalue weighted by Gasteiger charge is 2.08. The average molecular weight is 394 g/mol.